The Labute approximate surface area is 121 Å². The molecule has 0 aliphatic carbocycles. The molecule has 4 heteroatoms. The van der Waals surface area contributed by atoms with Gasteiger partial charge in [0.05, 0.1) is 5.92 Å². The van der Waals surface area contributed by atoms with Gasteiger partial charge in [0.15, 0.2) is 0 Å². The van der Waals surface area contributed by atoms with E-state index in [9.17, 15) is 4.79 Å². The Kier molecular flexibility index (Phi) is 6.32. The predicted octanol–water partition coefficient (Wildman–Crippen LogP) is 2.37. The topological polar surface area (TPSA) is 32.3 Å². The zero-order chi connectivity index (χ0) is 13.0. The zero-order valence-corrected chi connectivity index (χ0v) is 12.5. The van der Waals surface area contributed by atoms with Crippen LogP contribution in [0.4, 0.5) is 0 Å². The fraction of sp³-hybridized carbons (Fsp3) is 0.533. The summed E-state index contributed by atoms with van der Waals surface area (Å²) < 4.78 is 0. The first-order valence-corrected chi connectivity index (χ1v) is 6.68. The maximum Gasteiger partial charge on any atom is 0.227 e. The van der Waals surface area contributed by atoms with Crippen LogP contribution in [0, 0.1) is 12.8 Å². The van der Waals surface area contributed by atoms with Crippen molar-refractivity contribution >= 4 is 18.3 Å². The Morgan fingerprint density at radius 3 is 2.79 bits per heavy atom. The van der Waals surface area contributed by atoms with Gasteiger partial charge in [0.1, 0.15) is 0 Å². The van der Waals surface area contributed by atoms with Gasteiger partial charge in [-0.05, 0) is 37.4 Å². The average Bonchev–Trinajstić information content (AvgIpc) is 2.41. The van der Waals surface area contributed by atoms with E-state index in [1.165, 1.54) is 11.1 Å². The number of benzene rings is 1. The highest BCUT2D eigenvalue weighted by Crippen LogP contribution is 2.15. The molecule has 1 amide bonds. The number of nitrogens with one attached hydrogen (secondary N) is 1. The molecule has 0 aromatic heterocycles. The van der Waals surface area contributed by atoms with Gasteiger partial charge in [-0.2, -0.15) is 0 Å². The Hall–Kier alpha value is -1.06. The second-order valence-corrected chi connectivity index (χ2v) is 5.16. The minimum atomic E-state index is 0. The summed E-state index contributed by atoms with van der Waals surface area (Å²) in [5, 5.41) is 3.30. The summed E-state index contributed by atoms with van der Waals surface area (Å²) in [6.45, 7) is 4.68. The van der Waals surface area contributed by atoms with Crippen LogP contribution in [-0.4, -0.2) is 30.9 Å². The third kappa shape index (κ3) is 4.22. The number of aryl methyl sites for hydroxylation is 1. The lowest BCUT2D eigenvalue weighted by Crippen LogP contribution is -2.41. The Morgan fingerprint density at radius 1 is 1.42 bits per heavy atom. The van der Waals surface area contributed by atoms with Crippen molar-refractivity contribution in [2.45, 2.75) is 26.3 Å². The number of halogens is 1. The summed E-state index contributed by atoms with van der Waals surface area (Å²) in [5.41, 5.74) is 2.48. The van der Waals surface area contributed by atoms with Crippen molar-refractivity contribution in [2.75, 3.05) is 20.1 Å². The van der Waals surface area contributed by atoms with E-state index in [1.807, 2.05) is 24.1 Å². The first-order valence-electron chi connectivity index (χ1n) is 6.68. The minimum Gasteiger partial charge on any atom is -0.341 e. The number of carbonyl (C=O) groups is 1. The van der Waals surface area contributed by atoms with Gasteiger partial charge in [0, 0.05) is 20.1 Å². The van der Waals surface area contributed by atoms with Crippen LogP contribution in [0.3, 0.4) is 0 Å². The van der Waals surface area contributed by atoms with Gasteiger partial charge in [-0.15, -0.1) is 12.4 Å². The Balaban J connectivity index is 0.00000180. The molecule has 0 bridgehead atoms. The molecule has 1 aromatic carbocycles. The van der Waals surface area contributed by atoms with E-state index in [1.54, 1.807) is 0 Å². The normalized spacial score (nSPS) is 18.5. The molecule has 1 aliphatic rings. The van der Waals surface area contributed by atoms with E-state index in [0.29, 0.717) is 6.54 Å². The number of carbonyl (C=O) groups excluding carboxylic acids is 1. The van der Waals surface area contributed by atoms with Crippen LogP contribution in [0.2, 0.25) is 0 Å². The largest absolute Gasteiger partial charge is 0.341 e. The van der Waals surface area contributed by atoms with E-state index in [0.717, 1.165) is 25.9 Å². The van der Waals surface area contributed by atoms with Crippen molar-refractivity contribution in [1.29, 1.82) is 0 Å². The molecule has 1 aliphatic heterocycles. The van der Waals surface area contributed by atoms with E-state index in [4.69, 9.17) is 0 Å². The molecule has 2 rings (SSSR count). The predicted molar refractivity (Wildman–Crippen MR) is 80.5 cm³/mol. The zero-order valence-electron chi connectivity index (χ0n) is 11.7. The van der Waals surface area contributed by atoms with Crippen LogP contribution < -0.4 is 5.32 Å². The van der Waals surface area contributed by atoms with Gasteiger partial charge < -0.3 is 10.2 Å². The van der Waals surface area contributed by atoms with Gasteiger partial charge in [-0.3, -0.25) is 4.79 Å². The fourth-order valence-corrected chi connectivity index (χ4v) is 2.50. The maximum absolute atomic E-state index is 12.3. The number of nitrogens with zero attached hydrogens (tertiary/aromatic N) is 1. The van der Waals surface area contributed by atoms with Gasteiger partial charge >= 0.3 is 0 Å². The second kappa shape index (κ2) is 7.51. The molecule has 1 aromatic rings. The molecule has 0 spiro atoms. The highest BCUT2D eigenvalue weighted by atomic mass is 35.5. The molecule has 1 atom stereocenters. The van der Waals surface area contributed by atoms with Gasteiger partial charge in [-0.25, -0.2) is 0 Å². The molecule has 3 nitrogen and oxygen atoms in total. The van der Waals surface area contributed by atoms with Crippen molar-refractivity contribution in [3.8, 4) is 0 Å². The summed E-state index contributed by atoms with van der Waals surface area (Å²) in [6.07, 6.45) is 2.12. The Bertz CT molecular complexity index is 416. The lowest BCUT2D eigenvalue weighted by atomic mass is 9.98. The van der Waals surface area contributed by atoms with Crippen LogP contribution in [-0.2, 0) is 11.3 Å². The van der Waals surface area contributed by atoms with Crippen molar-refractivity contribution < 1.29 is 4.79 Å². The van der Waals surface area contributed by atoms with Gasteiger partial charge in [-0.1, -0.05) is 24.3 Å². The molecule has 1 heterocycles. The van der Waals surface area contributed by atoms with Crippen LogP contribution >= 0.6 is 12.4 Å². The number of hydrogen-bond donors (Lipinski definition) is 1. The molecule has 106 valence electrons. The first kappa shape index (κ1) is 16.0. The fourth-order valence-electron chi connectivity index (χ4n) is 2.50. The van der Waals surface area contributed by atoms with Crippen molar-refractivity contribution in [3.05, 3.63) is 35.4 Å². The minimum absolute atomic E-state index is 0. The van der Waals surface area contributed by atoms with Crippen LogP contribution in [0.25, 0.3) is 0 Å². The highest BCUT2D eigenvalue weighted by molar-refractivity contribution is 5.85. The second-order valence-electron chi connectivity index (χ2n) is 5.16. The molecule has 0 unspecified atom stereocenters. The number of piperidine rings is 1. The Morgan fingerprint density at radius 2 is 2.16 bits per heavy atom. The summed E-state index contributed by atoms with van der Waals surface area (Å²) in [7, 11) is 1.91. The molecule has 1 saturated heterocycles. The lowest BCUT2D eigenvalue weighted by Gasteiger charge is -2.27. The van der Waals surface area contributed by atoms with Crippen LogP contribution in [0.15, 0.2) is 24.3 Å². The number of hydrogen-bond acceptors (Lipinski definition) is 2. The summed E-state index contributed by atoms with van der Waals surface area (Å²) in [6, 6.07) is 8.25. The highest BCUT2D eigenvalue weighted by Gasteiger charge is 2.23. The molecular weight excluding hydrogens is 260 g/mol. The number of amides is 1. The van der Waals surface area contributed by atoms with E-state index in [2.05, 4.69) is 24.4 Å². The monoisotopic (exact) mass is 282 g/mol. The van der Waals surface area contributed by atoms with Gasteiger partial charge in [0.25, 0.3) is 0 Å². The third-order valence-electron chi connectivity index (χ3n) is 3.69. The molecule has 0 saturated carbocycles. The van der Waals surface area contributed by atoms with Crippen LogP contribution in [0.1, 0.15) is 24.0 Å². The van der Waals surface area contributed by atoms with E-state index in [-0.39, 0.29) is 24.2 Å². The molecule has 1 fully saturated rings. The molecular formula is C15H23ClN2O. The standard InChI is InChI=1S/C15H22N2O.ClH/c1-12-6-3-4-7-14(12)11-17(2)15(18)13-8-5-9-16-10-13;/h3-4,6-7,13,16H,5,8-11H2,1-2H3;1H/t13-;/m1./s1. The van der Waals surface area contributed by atoms with Crippen LogP contribution in [0.5, 0.6) is 0 Å². The maximum atomic E-state index is 12.3. The van der Waals surface area contributed by atoms with E-state index >= 15 is 0 Å². The number of rotatable bonds is 3. The van der Waals surface area contributed by atoms with Crippen molar-refractivity contribution in [1.82, 2.24) is 10.2 Å². The molecule has 0 radical (unpaired) electrons. The SMILES string of the molecule is Cc1ccccc1CN(C)C(=O)[C@@H]1CCCNC1.Cl. The van der Waals surface area contributed by atoms with E-state index < -0.39 is 0 Å². The van der Waals surface area contributed by atoms with Gasteiger partial charge in [0.2, 0.25) is 5.91 Å². The summed E-state index contributed by atoms with van der Waals surface area (Å²) >= 11 is 0. The average molecular weight is 283 g/mol. The third-order valence-corrected chi connectivity index (χ3v) is 3.69. The smallest absolute Gasteiger partial charge is 0.227 e. The summed E-state index contributed by atoms with van der Waals surface area (Å²) in [4.78, 5) is 14.2. The van der Waals surface area contributed by atoms with Crippen molar-refractivity contribution in [3.63, 3.8) is 0 Å². The van der Waals surface area contributed by atoms with Crippen molar-refractivity contribution in [2.24, 2.45) is 5.92 Å². The quantitative estimate of drug-likeness (QED) is 0.923. The lowest BCUT2D eigenvalue weighted by molar-refractivity contribution is -0.135. The first-order chi connectivity index (χ1) is 8.68. The molecule has 1 N–H and O–H groups in total. The molecule has 19 heavy (non-hydrogen) atoms. The summed E-state index contributed by atoms with van der Waals surface area (Å²) in [5.74, 6) is 0.429.